The van der Waals surface area contributed by atoms with E-state index < -0.39 is 0 Å². The van der Waals surface area contributed by atoms with Gasteiger partial charge in [-0.3, -0.25) is 4.79 Å². The van der Waals surface area contributed by atoms with E-state index in [1.807, 2.05) is 0 Å². The molecule has 1 aliphatic heterocycles. The van der Waals surface area contributed by atoms with E-state index in [1.54, 1.807) is 30.3 Å². The molecule has 1 N–H and O–H groups in total. The quantitative estimate of drug-likeness (QED) is 0.794. The molecule has 86 valence electrons. The smallest absolute Gasteiger partial charge is 0.254 e. The highest BCUT2D eigenvalue weighted by molar-refractivity contribution is 5.94. The summed E-state index contributed by atoms with van der Waals surface area (Å²) >= 11 is 0. The molecule has 0 radical (unpaired) electrons. The largest absolute Gasteiger partial charge is 0.378 e. The van der Waals surface area contributed by atoms with Crippen molar-refractivity contribution >= 4 is 11.7 Å². The molecule has 2 heterocycles. The maximum absolute atomic E-state index is 12.1. The van der Waals surface area contributed by atoms with Crippen LogP contribution in [0.4, 0.5) is 5.82 Å². The lowest BCUT2D eigenvalue weighted by molar-refractivity contribution is 0.0303. The Kier molecular flexibility index (Phi) is 3.36. The van der Waals surface area contributed by atoms with Crippen molar-refractivity contribution < 1.29 is 9.53 Å². The number of nitrogens with one attached hydrogen (secondary N) is 1. The van der Waals surface area contributed by atoms with Gasteiger partial charge in [0.25, 0.3) is 5.91 Å². The van der Waals surface area contributed by atoms with E-state index in [-0.39, 0.29) is 5.91 Å². The van der Waals surface area contributed by atoms with Crippen molar-refractivity contribution in [3.8, 4) is 0 Å². The summed E-state index contributed by atoms with van der Waals surface area (Å²) in [7, 11) is 1.78. The van der Waals surface area contributed by atoms with Crippen molar-refractivity contribution in [2.45, 2.75) is 0 Å². The number of aromatic nitrogens is 1. The molecule has 0 bridgehead atoms. The number of pyridine rings is 1. The van der Waals surface area contributed by atoms with Gasteiger partial charge in [0.05, 0.1) is 13.2 Å². The molecule has 1 amide bonds. The first-order valence-electron chi connectivity index (χ1n) is 5.32. The van der Waals surface area contributed by atoms with Crippen LogP contribution in [0.3, 0.4) is 0 Å². The number of anilines is 1. The summed E-state index contributed by atoms with van der Waals surface area (Å²) in [6.45, 7) is 2.57. The average Bonchev–Trinajstić information content (AvgIpc) is 2.39. The minimum absolute atomic E-state index is 0.0437. The van der Waals surface area contributed by atoms with Crippen molar-refractivity contribution in [3.63, 3.8) is 0 Å². The first kappa shape index (κ1) is 10.9. The molecule has 1 aliphatic rings. The van der Waals surface area contributed by atoms with Gasteiger partial charge in [-0.05, 0) is 12.1 Å². The fourth-order valence-electron chi connectivity index (χ4n) is 1.65. The monoisotopic (exact) mass is 221 g/mol. The molecule has 1 fully saturated rings. The van der Waals surface area contributed by atoms with Gasteiger partial charge in [-0.15, -0.1) is 0 Å². The molecule has 0 atom stereocenters. The summed E-state index contributed by atoms with van der Waals surface area (Å²) in [6, 6.07) is 3.50. The molecule has 5 nitrogen and oxygen atoms in total. The maximum Gasteiger partial charge on any atom is 0.254 e. The van der Waals surface area contributed by atoms with Crippen LogP contribution >= 0.6 is 0 Å². The fraction of sp³-hybridized carbons (Fsp3) is 0.455. The summed E-state index contributed by atoms with van der Waals surface area (Å²) in [6.07, 6.45) is 1.64. The molecule has 1 saturated heterocycles. The van der Waals surface area contributed by atoms with Gasteiger partial charge in [0.1, 0.15) is 5.82 Å². The number of carbonyl (C=O) groups is 1. The van der Waals surface area contributed by atoms with E-state index in [9.17, 15) is 4.79 Å². The van der Waals surface area contributed by atoms with Gasteiger partial charge in [-0.1, -0.05) is 0 Å². The Hall–Kier alpha value is -1.62. The van der Waals surface area contributed by atoms with Crippen LogP contribution in [0.25, 0.3) is 0 Å². The van der Waals surface area contributed by atoms with E-state index in [2.05, 4.69) is 10.3 Å². The maximum atomic E-state index is 12.1. The molecule has 16 heavy (non-hydrogen) atoms. The number of nitrogens with zero attached hydrogens (tertiary/aromatic N) is 2. The Balaban J connectivity index is 2.12. The molecule has 1 aromatic heterocycles. The number of rotatable bonds is 2. The molecule has 0 unspecified atom stereocenters. The normalized spacial score (nSPS) is 15.9. The van der Waals surface area contributed by atoms with Crippen molar-refractivity contribution in [2.75, 3.05) is 38.7 Å². The summed E-state index contributed by atoms with van der Waals surface area (Å²) < 4.78 is 5.21. The molecule has 0 saturated carbocycles. The predicted octanol–water partition coefficient (Wildman–Crippen LogP) is 0.596. The molecule has 2 rings (SSSR count). The Labute approximate surface area is 94.4 Å². The first-order chi connectivity index (χ1) is 7.81. The third-order valence-corrected chi connectivity index (χ3v) is 2.56. The van der Waals surface area contributed by atoms with Gasteiger partial charge in [-0.2, -0.15) is 0 Å². The zero-order valence-electron chi connectivity index (χ0n) is 9.27. The Bertz CT molecular complexity index is 375. The van der Waals surface area contributed by atoms with Crippen molar-refractivity contribution in [3.05, 3.63) is 23.9 Å². The number of ether oxygens (including phenoxy) is 1. The highest BCUT2D eigenvalue weighted by atomic mass is 16.5. The van der Waals surface area contributed by atoms with Gasteiger partial charge < -0.3 is 15.0 Å². The van der Waals surface area contributed by atoms with Crippen LogP contribution in [0, 0.1) is 0 Å². The van der Waals surface area contributed by atoms with Crippen molar-refractivity contribution in [2.24, 2.45) is 0 Å². The highest BCUT2D eigenvalue weighted by Gasteiger charge is 2.18. The van der Waals surface area contributed by atoms with Crippen LogP contribution < -0.4 is 5.32 Å². The average molecular weight is 221 g/mol. The van der Waals surface area contributed by atoms with E-state index in [0.717, 1.165) is 0 Å². The summed E-state index contributed by atoms with van der Waals surface area (Å²) in [5.74, 6) is 0.751. The van der Waals surface area contributed by atoms with Gasteiger partial charge >= 0.3 is 0 Å². The van der Waals surface area contributed by atoms with Crippen LogP contribution in [0.1, 0.15) is 10.4 Å². The Morgan fingerprint density at radius 1 is 1.50 bits per heavy atom. The Morgan fingerprint density at radius 3 is 2.94 bits per heavy atom. The lowest BCUT2D eigenvalue weighted by Crippen LogP contribution is -2.40. The number of hydrogen-bond donors (Lipinski definition) is 1. The summed E-state index contributed by atoms with van der Waals surface area (Å²) in [5, 5.41) is 2.92. The number of morpholine rings is 1. The minimum Gasteiger partial charge on any atom is -0.378 e. The van der Waals surface area contributed by atoms with Gasteiger partial charge in [0, 0.05) is 31.9 Å². The molecule has 0 aromatic carbocycles. The standard InChI is InChI=1S/C11H15N3O2/c1-12-10-8-9(2-3-13-10)11(15)14-4-6-16-7-5-14/h2-3,8H,4-7H2,1H3,(H,12,13). The second-order valence-electron chi connectivity index (χ2n) is 3.58. The summed E-state index contributed by atoms with van der Waals surface area (Å²) in [5.41, 5.74) is 0.668. The third-order valence-electron chi connectivity index (χ3n) is 2.56. The highest BCUT2D eigenvalue weighted by Crippen LogP contribution is 2.10. The molecule has 1 aromatic rings. The molecule has 5 heteroatoms. The van der Waals surface area contributed by atoms with E-state index in [4.69, 9.17) is 4.74 Å². The number of carbonyl (C=O) groups excluding carboxylic acids is 1. The number of amides is 1. The fourth-order valence-corrected chi connectivity index (χ4v) is 1.65. The second-order valence-corrected chi connectivity index (χ2v) is 3.58. The lowest BCUT2D eigenvalue weighted by atomic mass is 10.2. The Morgan fingerprint density at radius 2 is 2.25 bits per heavy atom. The van der Waals surface area contributed by atoms with Gasteiger partial charge in [0.15, 0.2) is 0 Å². The number of hydrogen-bond acceptors (Lipinski definition) is 4. The molecular formula is C11H15N3O2. The van der Waals surface area contributed by atoms with Crippen LogP contribution in [-0.4, -0.2) is 49.1 Å². The van der Waals surface area contributed by atoms with Crippen LogP contribution in [0.15, 0.2) is 18.3 Å². The van der Waals surface area contributed by atoms with Crippen LogP contribution in [-0.2, 0) is 4.74 Å². The topological polar surface area (TPSA) is 54.5 Å². The summed E-state index contributed by atoms with van der Waals surface area (Å²) in [4.78, 5) is 18.0. The third kappa shape index (κ3) is 2.30. The van der Waals surface area contributed by atoms with E-state index in [0.29, 0.717) is 37.7 Å². The molecular weight excluding hydrogens is 206 g/mol. The molecule has 0 aliphatic carbocycles. The van der Waals surface area contributed by atoms with E-state index in [1.165, 1.54) is 0 Å². The van der Waals surface area contributed by atoms with Gasteiger partial charge in [-0.25, -0.2) is 4.98 Å². The second kappa shape index (κ2) is 4.94. The van der Waals surface area contributed by atoms with E-state index >= 15 is 0 Å². The SMILES string of the molecule is CNc1cc(C(=O)N2CCOCC2)ccn1. The van der Waals surface area contributed by atoms with Crippen LogP contribution in [0.5, 0.6) is 0 Å². The minimum atomic E-state index is 0.0437. The van der Waals surface area contributed by atoms with Crippen molar-refractivity contribution in [1.82, 2.24) is 9.88 Å². The zero-order valence-corrected chi connectivity index (χ0v) is 9.27. The molecule has 0 spiro atoms. The lowest BCUT2D eigenvalue weighted by Gasteiger charge is -2.26. The zero-order chi connectivity index (χ0) is 11.4. The first-order valence-corrected chi connectivity index (χ1v) is 5.32. The van der Waals surface area contributed by atoms with Crippen molar-refractivity contribution in [1.29, 1.82) is 0 Å². The van der Waals surface area contributed by atoms with Gasteiger partial charge in [0.2, 0.25) is 0 Å². The van der Waals surface area contributed by atoms with Crippen LogP contribution in [0.2, 0.25) is 0 Å². The predicted molar refractivity (Wildman–Crippen MR) is 60.5 cm³/mol.